The molecule has 1 fully saturated rings. The molecule has 0 spiro atoms. The van der Waals surface area contributed by atoms with Crippen LogP contribution in [-0.2, 0) is 14.8 Å². The Kier molecular flexibility index (Phi) is 6.19. The maximum atomic E-state index is 12.4. The van der Waals surface area contributed by atoms with Crippen molar-refractivity contribution in [1.82, 2.24) is 4.31 Å². The summed E-state index contributed by atoms with van der Waals surface area (Å²) in [6.45, 7) is 2.23. The van der Waals surface area contributed by atoms with Crippen molar-refractivity contribution in [2.75, 3.05) is 24.2 Å². The van der Waals surface area contributed by atoms with Crippen LogP contribution in [0, 0.1) is 5.92 Å². The first-order valence-electron chi connectivity index (χ1n) is 7.18. The number of halogens is 3. The molecule has 1 amide bonds. The van der Waals surface area contributed by atoms with Crippen molar-refractivity contribution in [2.24, 2.45) is 5.92 Å². The average Bonchev–Trinajstić information content (AvgIpc) is 2.52. The summed E-state index contributed by atoms with van der Waals surface area (Å²) in [5.41, 5.74) is 0.363. The van der Waals surface area contributed by atoms with Gasteiger partial charge in [0.25, 0.3) is 0 Å². The van der Waals surface area contributed by atoms with Crippen molar-refractivity contribution < 1.29 is 13.2 Å². The van der Waals surface area contributed by atoms with Crippen LogP contribution in [0.25, 0.3) is 0 Å². The van der Waals surface area contributed by atoms with Crippen LogP contribution < -0.4 is 5.32 Å². The molecular formula is C14H17Cl3N2O3S. The number of carbonyl (C=O) groups is 1. The molecule has 1 heterocycles. The number of piperidine rings is 1. The van der Waals surface area contributed by atoms with E-state index in [2.05, 4.69) is 5.32 Å². The lowest BCUT2D eigenvalue weighted by Crippen LogP contribution is -2.44. The van der Waals surface area contributed by atoms with Gasteiger partial charge in [-0.05, 0) is 31.9 Å². The van der Waals surface area contributed by atoms with Crippen LogP contribution in [0.5, 0.6) is 0 Å². The predicted molar refractivity (Wildman–Crippen MR) is 93.9 cm³/mol. The van der Waals surface area contributed by atoms with Gasteiger partial charge in [0.1, 0.15) is 0 Å². The zero-order chi connectivity index (χ0) is 17.2. The van der Waals surface area contributed by atoms with Gasteiger partial charge in [0, 0.05) is 13.1 Å². The highest BCUT2D eigenvalue weighted by Gasteiger charge is 2.31. The molecule has 0 radical (unpaired) electrons. The van der Waals surface area contributed by atoms with Gasteiger partial charge in [-0.25, -0.2) is 12.7 Å². The Morgan fingerprint density at radius 1 is 1.26 bits per heavy atom. The Hall–Kier alpha value is -0.530. The molecule has 9 heteroatoms. The van der Waals surface area contributed by atoms with Crippen LogP contribution >= 0.6 is 34.8 Å². The summed E-state index contributed by atoms with van der Waals surface area (Å²) in [6.07, 6.45) is 1.27. The third-order valence-corrected chi connectivity index (χ3v) is 6.66. The smallest absolute Gasteiger partial charge is 0.228 e. The predicted octanol–water partition coefficient (Wildman–Crippen LogP) is 3.65. The molecule has 1 atom stereocenters. The van der Waals surface area contributed by atoms with E-state index in [9.17, 15) is 13.2 Å². The van der Waals surface area contributed by atoms with Crippen molar-refractivity contribution in [3.63, 3.8) is 0 Å². The lowest BCUT2D eigenvalue weighted by molar-refractivity contribution is -0.120. The van der Waals surface area contributed by atoms with E-state index in [4.69, 9.17) is 34.8 Å². The Morgan fingerprint density at radius 2 is 1.91 bits per heavy atom. The molecule has 0 aliphatic carbocycles. The third kappa shape index (κ3) is 4.51. The number of benzene rings is 1. The fraction of sp³-hybridized carbons (Fsp3) is 0.500. The van der Waals surface area contributed by atoms with Crippen LogP contribution in [0.2, 0.25) is 15.1 Å². The minimum atomic E-state index is -3.29. The van der Waals surface area contributed by atoms with Crippen molar-refractivity contribution in [2.45, 2.75) is 19.8 Å². The molecule has 0 aromatic heterocycles. The maximum Gasteiger partial charge on any atom is 0.228 e. The molecule has 1 saturated heterocycles. The van der Waals surface area contributed by atoms with Crippen LogP contribution in [0.15, 0.2) is 12.1 Å². The summed E-state index contributed by atoms with van der Waals surface area (Å²) in [6, 6.07) is 2.93. The summed E-state index contributed by atoms with van der Waals surface area (Å²) in [5, 5.41) is 3.56. The highest BCUT2D eigenvalue weighted by molar-refractivity contribution is 7.89. The Balaban J connectivity index is 2.10. The molecule has 0 bridgehead atoms. The van der Waals surface area contributed by atoms with Crippen molar-refractivity contribution >= 4 is 56.4 Å². The van der Waals surface area contributed by atoms with Crippen molar-refractivity contribution in [1.29, 1.82) is 0 Å². The van der Waals surface area contributed by atoms with E-state index in [0.29, 0.717) is 30.1 Å². The Labute approximate surface area is 150 Å². The van der Waals surface area contributed by atoms with E-state index in [1.807, 2.05) is 0 Å². The number of hydrogen-bond donors (Lipinski definition) is 1. The van der Waals surface area contributed by atoms with Gasteiger partial charge in [0.05, 0.1) is 32.4 Å². The number of nitrogens with one attached hydrogen (secondary N) is 1. The van der Waals surface area contributed by atoms with Crippen molar-refractivity contribution in [3.8, 4) is 0 Å². The molecule has 2 rings (SSSR count). The molecular weight excluding hydrogens is 383 g/mol. The van der Waals surface area contributed by atoms with E-state index in [0.717, 1.165) is 0 Å². The molecule has 0 unspecified atom stereocenters. The second-order valence-electron chi connectivity index (χ2n) is 5.33. The number of anilines is 1. The molecule has 1 aromatic carbocycles. The monoisotopic (exact) mass is 398 g/mol. The molecule has 1 aromatic rings. The molecule has 128 valence electrons. The van der Waals surface area contributed by atoms with E-state index < -0.39 is 15.9 Å². The highest BCUT2D eigenvalue weighted by atomic mass is 35.5. The first-order chi connectivity index (χ1) is 10.7. The molecule has 5 nitrogen and oxygen atoms in total. The van der Waals surface area contributed by atoms with E-state index >= 15 is 0 Å². The van der Waals surface area contributed by atoms with Gasteiger partial charge in [-0.1, -0.05) is 34.8 Å². The molecule has 23 heavy (non-hydrogen) atoms. The van der Waals surface area contributed by atoms with Gasteiger partial charge in [-0.3, -0.25) is 4.79 Å². The largest absolute Gasteiger partial charge is 0.324 e. The van der Waals surface area contributed by atoms with Crippen LogP contribution in [0.1, 0.15) is 19.8 Å². The number of rotatable bonds is 4. The summed E-state index contributed by atoms with van der Waals surface area (Å²) in [4.78, 5) is 12.4. The number of carbonyl (C=O) groups excluding carboxylic acids is 1. The number of amides is 1. The third-order valence-electron chi connectivity index (χ3n) is 3.78. The average molecular weight is 400 g/mol. The normalized spacial score (nSPS) is 19.6. The molecule has 1 aliphatic rings. The van der Waals surface area contributed by atoms with E-state index in [1.165, 1.54) is 16.4 Å². The van der Waals surface area contributed by atoms with Gasteiger partial charge in [0.2, 0.25) is 15.9 Å². The fourth-order valence-corrected chi connectivity index (χ4v) is 4.22. The minimum Gasteiger partial charge on any atom is -0.324 e. The standard InChI is InChI=1S/C14H17Cl3N2O3S/c1-2-23(21,22)19-5-3-4-9(8-19)14(20)18-13-7-11(16)10(15)6-12(13)17/h6-7,9H,2-5,8H2,1H3,(H,18,20)/t9-/m1/s1. The summed E-state index contributed by atoms with van der Waals surface area (Å²) in [7, 11) is -3.29. The maximum absolute atomic E-state index is 12.4. The van der Waals surface area contributed by atoms with Crippen LogP contribution in [-0.4, -0.2) is 37.5 Å². The molecule has 1 aliphatic heterocycles. The second-order valence-corrected chi connectivity index (χ2v) is 8.81. The fourth-order valence-electron chi connectivity index (χ4n) is 2.44. The van der Waals surface area contributed by atoms with Crippen LogP contribution in [0.3, 0.4) is 0 Å². The second kappa shape index (κ2) is 7.57. The van der Waals surface area contributed by atoms with Gasteiger partial charge in [0.15, 0.2) is 0 Å². The number of hydrogen-bond acceptors (Lipinski definition) is 3. The van der Waals surface area contributed by atoms with Gasteiger partial charge < -0.3 is 5.32 Å². The summed E-state index contributed by atoms with van der Waals surface area (Å²) >= 11 is 17.8. The quantitative estimate of drug-likeness (QED) is 0.786. The zero-order valence-electron chi connectivity index (χ0n) is 12.5. The number of sulfonamides is 1. The Morgan fingerprint density at radius 3 is 2.57 bits per heavy atom. The number of nitrogens with zero attached hydrogens (tertiary/aromatic N) is 1. The minimum absolute atomic E-state index is 0.0277. The molecule has 1 N–H and O–H groups in total. The lowest BCUT2D eigenvalue weighted by Gasteiger charge is -2.31. The van der Waals surface area contributed by atoms with Crippen LogP contribution in [0.4, 0.5) is 5.69 Å². The zero-order valence-corrected chi connectivity index (χ0v) is 15.6. The lowest BCUT2D eigenvalue weighted by atomic mass is 9.98. The highest BCUT2D eigenvalue weighted by Crippen LogP contribution is 2.33. The molecule has 0 saturated carbocycles. The summed E-state index contributed by atoms with van der Waals surface area (Å²) in [5.74, 6) is -0.670. The topological polar surface area (TPSA) is 66.5 Å². The first-order valence-corrected chi connectivity index (χ1v) is 9.92. The summed E-state index contributed by atoms with van der Waals surface area (Å²) < 4.78 is 25.3. The van der Waals surface area contributed by atoms with E-state index in [-0.39, 0.29) is 28.3 Å². The van der Waals surface area contributed by atoms with E-state index in [1.54, 1.807) is 6.92 Å². The SMILES string of the molecule is CCS(=O)(=O)N1CCC[C@@H](C(=O)Nc2cc(Cl)c(Cl)cc2Cl)C1. The van der Waals surface area contributed by atoms with Gasteiger partial charge >= 0.3 is 0 Å². The van der Waals surface area contributed by atoms with Gasteiger partial charge in [-0.2, -0.15) is 0 Å². The first kappa shape index (κ1) is 18.8. The van der Waals surface area contributed by atoms with Gasteiger partial charge in [-0.15, -0.1) is 0 Å². The Bertz CT molecular complexity index is 709. The van der Waals surface area contributed by atoms with Crippen molar-refractivity contribution in [3.05, 3.63) is 27.2 Å².